The fourth-order valence-electron chi connectivity index (χ4n) is 3.03. The predicted molar refractivity (Wildman–Crippen MR) is 80.3 cm³/mol. The highest BCUT2D eigenvalue weighted by Crippen LogP contribution is 2.58. The van der Waals surface area contributed by atoms with Crippen LogP contribution in [-0.4, -0.2) is 18.6 Å². The molecule has 7 heteroatoms. The molecule has 0 aromatic heterocycles. The maximum absolute atomic E-state index is 14.1. The molecular formula is C17H11ClF4O2. The second kappa shape index (κ2) is 5.57. The van der Waals surface area contributed by atoms with Gasteiger partial charge in [0.1, 0.15) is 12.4 Å². The Morgan fingerprint density at radius 3 is 2.50 bits per heavy atom. The van der Waals surface area contributed by atoms with Crippen molar-refractivity contribution < 1.29 is 27.1 Å². The molecule has 0 fully saturated rings. The first-order chi connectivity index (χ1) is 11.2. The normalized spacial score (nSPS) is 19.1. The molecule has 2 nitrogen and oxygen atoms in total. The SMILES string of the molecule is CC(=O)COC1(C(F)(F)F)c2ccccc2-c2c(Cl)cc(F)cc21. The predicted octanol–water partition coefficient (Wildman–Crippen LogP) is 4.87. The van der Waals surface area contributed by atoms with Crippen LogP contribution in [0, 0.1) is 5.82 Å². The number of benzene rings is 2. The molecule has 0 heterocycles. The standard InChI is InChI=1S/C17H11ClF4O2/c1-9(23)8-24-16(17(20,21)22)12-5-3-2-4-11(12)15-13(16)6-10(19)7-14(15)18/h2-7H,8H2,1H3. The molecule has 0 N–H and O–H groups in total. The summed E-state index contributed by atoms with van der Waals surface area (Å²) in [4.78, 5) is 11.2. The van der Waals surface area contributed by atoms with E-state index in [0.29, 0.717) is 0 Å². The van der Waals surface area contributed by atoms with E-state index in [2.05, 4.69) is 0 Å². The number of ketones is 1. The lowest BCUT2D eigenvalue weighted by atomic mass is 9.90. The average Bonchev–Trinajstić information content (AvgIpc) is 2.75. The van der Waals surface area contributed by atoms with Crippen LogP contribution in [0.25, 0.3) is 11.1 Å². The van der Waals surface area contributed by atoms with E-state index < -0.39 is 35.5 Å². The van der Waals surface area contributed by atoms with Gasteiger partial charge in [0.25, 0.3) is 0 Å². The highest BCUT2D eigenvalue weighted by atomic mass is 35.5. The summed E-state index contributed by atoms with van der Waals surface area (Å²) in [6.07, 6.45) is -4.92. The molecule has 0 spiro atoms. The summed E-state index contributed by atoms with van der Waals surface area (Å²) >= 11 is 6.01. The van der Waals surface area contributed by atoms with Crippen LogP contribution in [0.1, 0.15) is 18.1 Å². The van der Waals surface area contributed by atoms with Gasteiger partial charge < -0.3 is 4.74 Å². The third-order valence-corrected chi connectivity index (χ3v) is 4.20. The molecule has 2 aromatic carbocycles. The summed E-state index contributed by atoms with van der Waals surface area (Å²) in [6, 6.07) is 7.40. The lowest BCUT2D eigenvalue weighted by Gasteiger charge is -2.33. The number of carbonyl (C=O) groups is 1. The number of hydrogen-bond acceptors (Lipinski definition) is 2. The molecule has 126 valence electrons. The summed E-state index contributed by atoms with van der Waals surface area (Å²) in [6.45, 7) is 0.353. The molecule has 1 aliphatic rings. The molecule has 2 aromatic rings. The van der Waals surface area contributed by atoms with Crippen LogP contribution in [0.3, 0.4) is 0 Å². The maximum Gasteiger partial charge on any atom is 0.426 e. The molecule has 0 amide bonds. The van der Waals surface area contributed by atoms with Crippen molar-refractivity contribution in [3.05, 3.63) is 58.4 Å². The van der Waals surface area contributed by atoms with Gasteiger partial charge in [-0.1, -0.05) is 35.9 Å². The Labute approximate surface area is 140 Å². The van der Waals surface area contributed by atoms with Crippen LogP contribution < -0.4 is 0 Å². The number of carbonyl (C=O) groups excluding carboxylic acids is 1. The monoisotopic (exact) mass is 358 g/mol. The largest absolute Gasteiger partial charge is 0.426 e. The second-order valence-electron chi connectivity index (χ2n) is 5.53. The number of hydrogen-bond donors (Lipinski definition) is 0. The van der Waals surface area contributed by atoms with Crippen LogP contribution in [0.4, 0.5) is 17.6 Å². The molecule has 1 atom stereocenters. The van der Waals surface area contributed by atoms with Crippen molar-refractivity contribution >= 4 is 17.4 Å². The lowest BCUT2D eigenvalue weighted by Crippen LogP contribution is -2.45. The van der Waals surface area contributed by atoms with Gasteiger partial charge in [0, 0.05) is 16.7 Å². The van der Waals surface area contributed by atoms with Crippen LogP contribution >= 0.6 is 11.6 Å². The van der Waals surface area contributed by atoms with Gasteiger partial charge in [0.15, 0.2) is 5.78 Å². The zero-order chi connectivity index (χ0) is 17.7. The van der Waals surface area contributed by atoms with Crippen molar-refractivity contribution in [1.29, 1.82) is 0 Å². The third-order valence-electron chi connectivity index (χ3n) is 3.90. The minimum Gasteiger partial charge on any atom is -0.349 e. The molecular weight excluding hydrogens is 348 g/mol. The van der Waals surface area contributed by atoms with E-state index in [9.17, 15) is 22.4 Å². The molecule has 3 rings (SSSR count). The van der Waals surface area contributed by atoms with Crippen LogP contribution in [0.5, 0.6) is 0 Å². The van der Waals surface area contributed by atoms with Crippen molar-refractivity contribution in [2.75, 3.05) is 6.61 Å². The molecule has 0 aliphatic heterocycles. The van der Waals surface area contributed by atoms with Gasteiger partial charge in [-0.25, -0.2) is 4.39 Å². The van der Waals surface area contributed by atoms with Gasteiger partial charge in [0.2, 0.25) is 5.60 Å². The van der Waals surface area contributed by atoms with E-state index in [0.717, 1.165) is 19.1 Å². The summed E-state index contributed by atoms with van der Waals surface area (Å²) in [5.74, 6) is -1.49. The molecule has 24 heavy (non-hydrogen) atoms. The lowest BCUT2D eigenvalue weighted by molar-refractivity contribution is -0.263. The number of ether oxygens (including phenoxy) is 1. The molecule has 1 unspecified atom stereocenters. The highest BCUT2D eigenvalue weighted by Gasteiger charge is 2.63. The van der Waals surface area contributed by atoms with E-state index in [1.807, 2.05) is 0 Å². The van der Waals surface area contributed by atoms with E-state index in [4.69, 9.17) is 16.3 Å². The zero-order valence-electron chi connectivity index (χ0n) is 12.4. The van der Waals surface area contributed by atoms with Crippen molar-refractivity contribution in [2.24, 2.45) is 0 Å². The van der Waals surface area contributed by atoms with E-state index in [-0.39, 0.29) is 21.7 Å². The first-order valence-electron chi connectivity index (χ1n) is 6.98. The fraction of sp³-hybridized carbons (Fsp3) is 0.235. The Morgan fingerprint density at radius 2 is 1.88 bits per heavy atom. The maximum atomic E-state index is 14.1. The van der Waals surface area contributed by atoms with Crippen LogP contribution in [0.15, 0.2) is 36.4 Å². The molecule has 0 saturated heterocycles. The fourth-order valence-corrected chi connectivity index (χ4v) is 3.34. The summed E-state index contributed by atoms with van der Waals surface area (Å²) < 4.78 is 61.1. The Kier molecular flexibility index (Phi) is 3.92. The van der Waals surface area contributed by atoms with Gasteiger partial charge in [-0.05, 0) is 24.6 Å². The average molecular weight is 359 g/mol. The summed E-state index contributed by atoms with van der Waals surface area (Å²) in [5.41, 5.74) is -3.31. The molecule has 1 aliphatic carbocycles. The topological polar surface area (TPSA) is 26.3 Å². The number of Topliss-reactive ketones (excluding diaryl/α,β-unsaturated/α-hetero) is 1. The zero-order valence-corrected chi connectivity index (χ0v) is 13.1. The molecule has 0 bridgehead atoms. The molecule has 0 saturated carbocycles. The smallest absolute Gasteiger partial charge is 0.349 e. The Bertz CT molecular complexity index is 832. The third kappa shape index (κ3) is 2.32. The number of halogens is 5. The van der Waals surface area contributed by atoms with Crippen molar-refractivity contribution in [1.82, 2.24) is 0 Å². The minimum absolute atomic E-state index is 0.0644. The number of rotatable bonds is 3. The minimum atomic E-state index is -4.92. The second-order valence-corrected chi connectivity index (χ2v) is 5.93. The van der Waals surface area contributed by atoms with E-state index in [1.165, 1.54) is 18.2 Å². The van der Waals surface area contributed by atoms with Gasteiger partial charge in [-0.2, -0.15) is 13.2 Å². The van der Waals surface area contributed by atoms with Gasteiger partial charge in [-0.3, -0.25) is 4.79 Å². The van der Waals surface area contributed by atoms with Crippen molar-refractivity contribution in [3.63, 3.8) is 0 Å². The molecule has 0 radical (unpaired) electrons. The Morgan fingerprint density at radius 1 is 1.21 bits per heavy atom. The van der Waals surface area contributed by atoms with Crippen LogP contribution in [0.2, 0.25) is 5.02 Å². The first-order valence-corrected chi connectivity index (χ1v) is 7.36. The van der Waals surface area contributed by atoms with Gasteiger partial charge in [0.05, 0.1) is 5.02 Å². The van der Waals surface area contributed by atoms with Crippen LogP contribution in [-0.2, 0) is 15.1 Å². The Balaban J connectivity index is 2.39. The quantitative estimate of drug-likeness (QED) is 0.732. The van der Waals surface area contributed by atoms with E-state index >= 15 is 0 Å². The van der Waals surface area contributed by atoms with Crippen molar-refractivity contribution in [3.8, 4) is 11.1 Å². The van der Waals surface area contributed by atoms with Crippen molar-refractivity contribution in [2.45, 2.75) is 18.7 Å². The van der Waals surface area contributed by atoms with E-state index in [1.54, 1.807) is 6.07 Å². The summed E-state index contributed by atoms with van der Waals surface area (Å²) in [7, 11) is 0. The Hall–Kier alpha value is -1.92. The first kappa shape index (κ1) is 16.9. The van der Waals surface area contributed by atoms with Gasteiger partial charge in [-0.15, -0.1) is 0 Å². The summed E-state index contributed by atoms with van der Waals surface area (Å²) in [5, 5.41) is -0.144. The number of alkyl halides is 3. The van der Waals surface area contributed by atoms with Gasteiger partial charge >= 0.3 is 6.18 Å². The number of fused-ring (bicyclic) bond motifs is 3. The highest BCUT2D eigenvalue weighted by molar-refractivity contribution is 6.33.